The summed E-state index contributed by atoms with van der Waals surface area (Å²) in [5.74, 6) is 0.773. The minimum absolute atomic E-state index is 0.0194. The summed E-state index contributed by atoms with van der Waals surface area (Å²) in [6.45, 7) is -0.136. The molecule has 0 saturated carbocycles. The number of hydrogen-bond donors (Lipinski definition) is 1. The number of carbonyl (C=O) groups is 2. The van der Waals surface area contributed by atoms with E-state index in [1.165, 1.54) is 30.2 Å². The lowest BCUT2D eigenvalue weighted by Crippen LogP contribution is -2.27. The summed E-state index contributed by atoms with van der Waals surface area (Å²) in [5.41, 5.74) is 1.02. The zero-order valence-electron chi connectivity index (χ0n) is 15.5. The van der Waals surface area contributed by atoms with Gasteiger partial charge in [-0.25, -0.2) is 0 Å². The molecule has 1 heterocycles. The molecule has 0 saturated heterocycles. The molecule has 0 fully saturated rings. The first-order chi connectivity index (χ1) is 13.3. The van der Waals surface area contributed by atoms with Gasteiger partial charge in [-0.15, -0.1) is 0 Å². The Hall–Kier alpha value is -3.00. The zero-order chi connectivity index (χ0) is 20.4. The van der Waals surface area contributed by atoms with Crippen molar-refractivity contribution in [2.45, 2.75) is 0 Å². The molecule has 2 aromatic rings. The fraction of sp³-hybridized carbons (Fsp3) is 0.200. The van der Waals surface area contributed by atoms with E-state index in [2.05, 4.69) is 15.9 Å². The van der Waals surface area contributed by atoms with Gasteiger partial charge in [0, 0.05) is 20.2 Å². The van der Waals surface area contributed by atoms with Gasteiger partial charge >= 0.3 is 0 Å². The third kappa shape index (κ3) is 3.96. The van der Waals surface area contributed by atoms with Crippen molar-refractivity contribution in [3.05, 3.63) is 51.7 Å². The van der Waals surface area contributed by atoms with Gasteiger partial charge in [0.1, 0.15) is 11.5 Å². The number of Topliss-reactive ketones (excluding diaryl/α,β-unsaturated/α-hetero) is 1. The van der Waals surface area contributed by atoms with Crippen LogP contribution in [0.4, 0.5) is 0 Å². The number of amides is 1. The van der Waals surface area contributed by atoms with Crippen LogP contribution in [-0.2, 0) is 4.79 Å². The van der Waals surface area contributed by atoms with Crippen LogP contribution >= 0.6 is 15.9 Å². The molecule has 0 radical (unpaired) electrons. The van der Waals surface area contributed by atoms with Gasteiger partial charge in [0.15, 0.2) is 23.9 Å². The number of benzene rings is 2. The molecule has 1 amide bonds. The maximum absolute atomic E-state index is 12.5. The largest absolute Gasteiger partial charge is 0.508 e. The topological polar surface area (TPSA) is 85.3 Å². The van der Waals surface area contributed by atoms with Gasteiger partial charge in [0.25, 0.3) is 5.91 Å². The summed E-state index contributed by atoms with van der Waals surface area (Å²) in [4.78, 5) is 25.7. The average Bonchev–Trinajstić information content (AvgIpc) is 2.94. The molecule has 8 heteroatoms. The lowest BCUT2D eigenvalue weighted by atomic mass is 10.1. The van der Waals surface area contributed by atoms with E-state index < -0.39 is 0 Å². The summed E-state index contributed by atoms with van der Waals surface area (Å²) in [5, 5.41) is 9.54. The van der Waals surface area contributed by atoms with Gasteiger partial charge in [-0.3, -0.25) is 9.59 Å². The van der Waals surface area contributed by atoms with E-state index in [4.69, 9.17) is 14.2 Å². The Morgan fingerprint density at radius 2 is 2.04 bits per heavy atom. The third-order valence-electron chi connectivity index (χ3n) is 4.04. The summed E-state index contributed by atoms with van der Waals surface area (Å²) in [7, 11) is 4.77. The van der Waals surface area contributed by atoms with E-state index in [1.54, 1.807) is 32.3 Å². The highest BCUT2D eigenvalue weighted by Crippen LogP contribution is 2.39. The molecule has 0 aromatic heterocycles. The van der Waals surface area contributed by atoms with Crippen LogP contribution in [0.5, 0.6) is 23.0 Å². The summed E-state index contributed by atoms with van der Waals surface area (Å²) in [6.07, 6.45) is 1.57. The molecule has 1 N–H and O–H groups in total. The standard InChI is InChI=1S/C20H18BrNO6/c1-22(2)18(24)10-27-20-14(21)6-11(8-17(20)26-3)7-16-19(25)13-5-4-12(23)9-15(13)28-16/h4-9,23H,10H2,1-3H3/b16-7-. The number of likely N-dealkylation sites (N-methyl/N-ethyl adjacent to an activating group) is 1. The Bertz CT molecular complexity index is 983. The quantitative estimate of drug-likeness (QED) is 0.708. The Labute approximate surface area is 170 Å². The van der Waals surface area contributed by atoms with Gasteiger partial charge < -0.3 is 24.2 Å². The van der Waals surface area contributed by atoms with Crippen molar-refractivity contribution in [3.8, 4) is 23.0 Å². The Morgan fingerprint density at radius 3 is 2.71 bits per heavy atom. The molecular weight excluding hydrogens is 430 g/mol. The molecule has 3 rings (SSSR count). The van der Waals surface area contributed by atoms with E-state index in [0.29, 0.717) is 32.8 Å². The van der Waals surface area contributed by atoms with Crippen molar-refractivity contribution in [3.63, 3.8) is 0 Å². The second-order valence-electron chi connectivity index (χ2n) is 6.23. The number of aromatic hydroxyl groups is 1. The summed E-state index contributed by atoms with van der Waals surface area (Å²) >= 11 is 3.41. The van der Waals surface area contributed by atoms with E-state index in [0.717, 1.165) is 0 Å². The van der Waals surface area contributed by atoms with Crippen LogP contribution in [0.15, 0.2) is 40.6 Å². The minimum atomic E-state index is -0.276. The lowest BCUT2D eigenvalue weighted by molar-refractivity contribution is -0.130. The van der Waals surface area contributed by atoms with Crippen LogP contribution in [-0.4, -0.2) is 49.5 Å². The first kappa shape index (κ1) is 19.8. The first-order valence-electron chi connectivity index (χ1n) is 8.28. The molecular formula is C20H18BrNO6. The van der Waals surface area contributed by atoms with Gasteiger partial charge in [-0.1, -0.05) is 0 Å². The van der Waals surface area contributed by atoms with Crippen molar-refractivity contribution in [2.75, 3.05) is 27.8 Å². The second-order valence-corrected chi connectivity index (χ2v) is 7.09. The third-order valence-corrected chi connectivity index (χ3v) is 4.63. The Kier molecular flexibility index (Phi) is 5.60. The number of nitrogens with zero attached hydrogens (tertiary/aromatic N) is 1. The lowest BCUT2D eigenvalue weighted by Gasteiger charge is -2.15. The van der Waals surface area contributed by atoms with Crippen molar-refractivity contribution >= 4 is 33.7 Å². The van der Waals surface area contributed by atoms with E-state index in [-0.39, 0.29) is 29.8 Å². The monoisotopic (exact) mass is 447 g/mol. The number of ether oxygens (including phenoxy) is 3. The summed E-state index contributed by atoms with van der Waals surface area (Å²) < 4.78 is 17.1. The predicted molar refractivity (Wildman–Crippen MR) is 106 cm³/mol. The molecule has 0 spiro atoms. The number of phenolic OH excluding ortho intramolecular Hbond substituents is 1. The number of rotatable bonds is 5. The van der Waals surface area contributed by atoms with E-state index in [1.807, 2.05) is 0 Å². The van der Waals surface area contributed by atoms with Gasteiger partial charge in [-0.05, 0) is 51.8 Å². The van der Waals surface area contributed by atoms with Crippen molar-refractivity contribution in [2.24, 2.45) is 0 Å². The minimum Gasteiger partial charge on any atom is -0.508 e. The average molecular weight is 448 g/mol. The SMILES string of the molecule is COc1cc(/C=C2\Oc3cc(O)ccc3C2=O)cc(Br)c1OCC(=O)N(C)C. The number of halogens is 1. The fourth-order valence-electron chi connectivity index (χ4n) is 2.55. The van der Waals surface area contributed by atoms with Crippen LogP contribution in [0.1, 0.15) is 15.9 Å². The van der Waals surface area contributed by atoms with Crippen molar-refractivity contribution < 1.29 is 28.9 Å². The maximum atomic E-state index is 12.5. The zero-order valence-corrected chi connectivity index (χ0v) is 17.1. The van der Waals surface area contributed by atoms with E-state index >= 15 is 0 Å². The van der Waals surface area contributed by atoms with E-state index in [9.17, 15) is 14.7 Å². The Morgan fingerprint density at radius 1 is 1.29 bits per heavy atom. The molecule has 1 aliphatic heterocycles. The number of carbonyl (C=O) groups excluding carboxylic acids is 2. The fourth-order valence-corrected chi connectivity index (χ4v) is 3.13. The predicted octanol–water partition coefficient (Wildman–Crippen LogP) is 3.25. The van der Waals surface area contributed by atoms with Gasteiger partial charge in [-0.2, -0.15) is 0 Å². The molecule has 2 aromatic carbocycles. The summed E-state index contributed by atoms with van der Waals surface area (Å²) in [6, 6.07) is 7.74. The van der Waals surface area contributed by atoms with Crippen LogP contribution in [0.2, 0.25) is 0 Å². The number of phenols is 1. The normalized spacial score (nSPS) is 13.9. The molecule has 0 bridgehead atoms. The number of methoxy groups -OCH3 is 1. The molecule has 0 aliphatic carbocycles. The Balaban J connectivity index is 1.88. The van der Waals surface area contributed by atoms with Crippen LogP contribution in [0.3, 0.4) is 0 Å². The highest BCUT2D eigenvalue weighted by molar-refractivity contribution is 9.10. The molecule has 7 nitrogen and oxygen atoms in total. The van der Waals surface area contributed by atoms with Crippen molar-refractivity contribution in [1.82, 2.24) is 4.90 Å². The van der Waals surface area contributed by atoms with Crippen LogP contribution in [0.25, 0.3) is 6.08 Å². The first-order valence-corrected chi connectivity index (χ1v) is 9.07. The number of allylic oxidation sites excluding steroid dienone is 1. The smallest absolute Gasteiger partial charge is 0.259 e. The molecule has 0 unspecified atom stereocenters. The second kappa shape index (κ2) is 7.93. The molecule has 1 aliphatic rings. The number of hydrogen-bond acceptors (Lipinski definition) is 6. The highest BCUT2D eigenvalue weighted by Gasteiger charge is 2.27. The molecule has 0 atom stereocenters. The number of fused-ring (bicyclic) bond motifs is 1. The molecule has 146 valence electrons. The van der Waals surface area contributed by atoms with Crippen LogP contribution < -0.4 is 14.2 Å². The number of ketones is 1. The van der Waals surface area contributed by atoms with Gasteiger partial charge in [0.05, 0.1) is 17.1 Å². The van der Waals surface area contributed by atoms with Crippen LogP contribution in [0, 0.1) is 0 Å². The highest BCUT2D eigenvalue weighted by atomic mass is 79.9. The maximum Gasteiger partial charge on any atom is 0.259 e. The molecule has 28 heavy (non-hydrogen) atoms. The van der Waals surface area contributed by atoms with Gasteiger partial charge in [0.2, 0.25) is 5.78 Å². The van der Waals surface area contributed by atoms with Crippen molar-refractivity contribution in [1.29, 1.82) is 0 Å².